The van der Waals surface area contributed by atoms with E-state index in [1.54, 1.807) is 24.3 Å². The van der Waals surface area contributed by atoms with Gasteiger partial charge in [-0.2, -0.15) is 8.42 Å². The van der Waals surface area contributed by atoms with E-state index in [-0.39, 0.29) is 35.6 Å². The molecule has 11 nitrogen and oxygen atoms in total. The molecule has 0 aliphatic carbocycles. The molecule has 0 spiro atoms. The topological polar surface area (TPSA) is 200 Å². The predicted molar refractivity (Wildman–Crippen MR) is 145 cm³/mol. The van der Waals surface area contributed by atoms with E-state index in [4.69, 9.17) is 17.5 Å². The lowest BCUT2D eigenvalue weighted by molar-refractivity contribution is 0.163. The lowest BCUT2D eigenvalue weighted by Crippen LogP contribution is -2.38. The van der Waals surface area contributed by atoms with Gasteiger partial charge < -0.3 is 36.2 Å². The van der Waals surface area contributed by atoms with Crippen LogP contribution in [-0.4, -0.2) is 67.2 Å². The van der Waals surface area contributed by atoms with E-state index in [0.717, 1.165) is 0 Å². The van der Waals surface area contributed by atoms with Gasteiger partial charge in [-0.3, -0.25) is 9.11 Å². The van der Waals surface area contributed by atoms with Gasteiger partial charge in [0.25, 0.3) is 0 Å². The summed E-state index contributed by atoms with van der Waals surface area (Å²) >= 11 is 0. The zero-order chi connectivity index (χ0) is 29.5. The van der Waals surface area contributed by atoms with Crippen molar-refractivity contribution in [3.8, 4) is 11.5 Å². The molecule has 2 rings (SSSR count). The van der Waals surface area contributed by atoms with Crippen LogP contribution in [0.1, 0.15) is 81.6 Å². The predicted octanol–water partition coefficient (Wildman–Crippen LogP) is 2.37. The molecule has 0 amide bonds. The highest BCUT2D eigenvalue weighted by Crippen LogP contribution is 2.32. The second-order valence-electron chi connectivity index (χ2n) is 11.2. The van der Waals surface area contributed by atoms with E-state index in [0.29, 0.717) is 40.9 Å². The average molecular weight is 559 g/mol. The Morgan fingerprint density at radius 2 is 1.18 bits per heavy atom. The van der Waals surface area contributed by atoms with Gasteiger partial charge in [-0.05, 0) is 88.1 Å². The number of hydrogen-bond acceptors (Lipinski definition) is 9. The molecule has 0 heterocycles. The maximum Gasteiger partial charge on any atom is 0.394 e. The summed E-state index contributed by atoms with van der Waals surface area (Å²) in [6.45, 7) is 12.3. The SMILES string of the molecule is CC(C)(C)NCC(O)c1ccc(O)c(Cc2cc(C(O)CNC(C)(C)C)cc(CO)c2O)c1.O=S(=O)(O)O. The Bertz CT molecular complexity index is 1150. The first-order chi connectivity index (χ1) is 17.2. The van der Waals surface area contributed by atoms with Crippen molar-refractivity contribution in [3.05, 3.63) is 58.1 Å². The molecule has 0 radical (unpaired) electrons. The Kier molecular flexibility index (Phi) is 12.1. The Morgan fingerprint density at radius 3 is 1.63 bits per heavy atom. The van der Waals surface area contributed by atoms with Gasteiger partial charge in [0.2, 0.25) is 0 Å². The summed E-state index contributed by atoms with van der Waals surface area (Å²) in [5.41, 5.74) is 2.20. The Morgan fingerprint density at radius 1 is 0.763 bits per heavy atom. The van der Waals surface area contributed by atoms with Crippen LogP contribution < -0.4 is 10.6 Å². The molecule has 9 N–H and O–H groups in total. The molecule has 38 heavy (non-hydrogen) atoms. The first kappa shape index (κ1) is 33.7. The largest absolute Gasteiger partial charge is 0.508 e. The minimum atomic E-state index is -4.67. The quantitative estimate of drug-likeness (QED) is 0.205. The highest BCUT2D eigenvalue weighted by atomic mass is 32.3. The highest BCUT2D eigenvalue weighted by molar-refractivity contribution is 7.79. The average Bonchev–Trinajstić information content (AvgIpc) is 2.76. The molecule has 2 aromatic rings. The maximum atomic E-state index is 10.7. The Hall–Kier alpha value is -2.29. The van der Waals surface area contributed by atoms with Gasteiger partial charge in [-0.1, -0.05) is 6.07 Å². The molecule has 2 aromatic carbocycles. The molecule has 0 saturated carbocycles. The highest BCUT2D eigenvalue weighted by Gasteiger charge is 2.19. The van der Waals surface area contributed by atoms with Crippen LogP contribution in [0.25, 0.3) is 0 Å². The van der Waals surface area contributed by atoms with Crippen molar-refractivity contribution in [1.82, 2.24) is 10.6 Å². The fourth-order valence-electron chi connectivity index (χ4n) is 3.44. The van der Waals surface area contributed by atoms with E-state index >= 15 is 0 Å². The molecule has 0 saturated heterocycles. The van der Waals surface area contributed by atoms with Crippen LogP contribution in [-0.2, 0) is 23.4 Å². The maximum absolute atomic E-state index is 10.7. The number of β-amino-alcohol motifs (C(OH)–C–C–N with tert-alkyl or cyclic N) is 2. The monoisotopic (exact) mass is 558 g/mol. The lowest BCUT2D eigenvalue weighted by Gasteiger charge is -2.24. The minimum absolute atomic E-state index is 0.0417. The van der Waals surface area contributed by atoms with Crippen molar-refractivity contribution < 1.29 is 43.1 Å². The van der Waals surface area contributed by atoms with Crippen molar-refractivity contribution in [3.63, 3.8) is 0 Å². The molecule has 0 aromatic heterocycles. The molecule has 2 unspecified atom stereocenters. The Labute approximate surface area is 224 Å². The van der Waals surface area contributed by atoms with E-state index in [9.17, 15) is 25.5 Å². The van der Waals surface area contributed by atoms with Crippen molar-refractivity contribution in [2.75, 3.05) is 13.1 Å². The van der Waals surface area contributed by atoms with Crippen molar-refractivity contribution in [2.24, 2.45) is 0 Å². The van der Waals surface area contributed by atoms with Crippen LogP contribution in [0, 0.1) is 0 Å². The molecule has 12 heteroatoms. The zero-order valence-corrected chi connectivity index (χ0v) is 23.5. The molecule has 0 fully saturated rings. The van der Waals surface area contributed by atoms with Gasteiger partial charge in [0.1, 0.15) is 11.5 Å². The third-order valence-corrected chi connectivity index (χ3v) is 5.37. The Balaban J connectivity index is 0.00000132. The molecule has 2 atom stereocenters. The van der Waals surface area contributed by atoms with Gasteiger partial charge in [0.05, 0.1) is 18.8 Å². The minimum Gasteiger partial charge on any atom is -0.508 e. The van der Waals surface area contributed by atoms with Gasteiger partial charge in [0, 0.05) is 36.2 Å². The number of phenols is 2. The van der Waals surface area contributed by atoms with Crippen LogP contribution in [0.4, 0.5) is 0 Å². The number of rotatable bonds is 9. The van der Waals surface area contributed by atoms with Gasteiger partial charge in [-0.15, -0.1) is 0 Å². The van der Waals surface area contributed by atoms with Crippen LogP contribution in [0.5, 0.6) is 11.5 Å². The van der Waals surface area contributed by atoms with Crippen LogP contribution in [0.3, 0.4) is 0 Å². The zero-order valence-electron chi connectivity index (χ0n) is 22.7. The summed E-state index contributed by atoms with van der Waals surface area (Å²) in [5.74, 6) is -0.0305. The van der Waals surface area contributed by atoms with E-state index in [1.165, 1.54) is 6.07 Å². The number of aliphatic hydroxyl groups excluding tert-OH is 3. The summed E-state index contributed by atoms with van der Waals surface area (Å²) in [7, 11) is -4.67. The lowest BCUT2D eigenvalue weighted by atomic mass is 9.94. The van der Waals surface area contributed by atoms with Crippen LogP contribution in [0.15, 0.2) is 30.3 Å². The van der Waals surface area contributed by atoms with Crippen LogP contribution in [0.2, 0.25) is 0 Å². The standard InChI is InChI=1S/C26H40N2O5.H2O4S/c1-25(2,3)27-13-22(31)16-7-8-21(30)17(9-16)10-19-11-18(12-20(15-29)24(19)33)23(32)14-28-26(4,5)6;1-5(2,3)4/h7-9,11-12,22-23,27-33H,10,13-15H2,1-6H3;(H2,1,2,3,4). The summed E-state index contributed by atoms with van der Waals surface area (Å²) in [6, 6.07) is 8.19. The summed E-state index contributed by atoms with van der Waals surface area (Å²) in [4.78, 5) is 0. The van der Waals surface area contributed by atoms with Gasteiger partial charge in [0.15, 0.2) is 0 Å². The van der Waals surface area contributed by atoms with E-state index < -0.39 is 22.6 Å². The molecule has 0 bridgehead atoms. The third-order valence-electron chi connectivity index (χ3n) is 5.37. The number of hydrogen-bond donors (Lipinski definition) is 9. The number of benzene rings is 2. The molecule has 0 aliphatic heterocycles. The second-order valence-corrected chi connectivity index (χ2v) is 12.0. The first-order valence-corrected chi connectivity index (χ1v) is 13.4. The number of phenolic OH excluding ortho intramolecular Hbond substituents is 1. The smallest absolute Gasteiger partial charge is 0.394 e. The fourth-order valence-corrected chi connectivity index (χ4v) is 3.44. The molecule has 216 valence electrons. The molecular weight excluding hydrogens is 516 g/mol. The second kappa shape index (κ2) is 13.7. The summed E-state index contributed by atoms with van der Waals surface area (Å²) < 4.78 is 31.6. The van der Waals surface area contributed by atoms with E-state index in [1.807, 2.05) is 41.5 Å². The number of nitrogens with one attached hydrogen (secondary N) is 2. The van der Waals surface area contributed by atoms with Crippen molar-refractivity contribution in [1.29, 1.82) is 0 Å². The van der Waals surface area contributed by atoms with Gasteiger partial charge >= 0.3 is 10.4 Å². The molecule has 0 aliphatic rings. The number of aromatic hydroxyl groups is 2. The first-order valence-electron chi connectivity index (χ1n) is 12.0. The number of aliphatic hydroxyl groups is 3. The molecular formula is C26H42N2O9S. The summed E-state index contributed by atoms with van der Waals surface area (Å²) in [6.07, 6.45) is -1.42. The van der Waals surface area contributed by atoms with Crippen LogP contribution >= 0.6 is 0 Å². The summed E-state index contributed by atoms with van der Waals surface area (Å²) in [5, 5.41) is 58.5. The third kappa shape index (κ3) is 13.0. The van der Waals surface area contributed by atoms with Crippen molar-refractivity contribution in [2.45, 2.75) is 77.9 Å². The van der Waals surface area contributed by atoms with Gasteiger partial charge in [-0.25, -0.2) is 0 Å². The fraction of sp³-hybridized carbons (Fsp3) is 0.538. The van der Waals surface area contributed by atoms with Crippen molar-refractivity contribution >= 4 is 10.4 Å². The van der Waals surface area contributed by atoms with E-state index in [2.05, 4.69) is 10.6 Å². The normalized spacial score (nSPS) is 14.0.